The van der Waals surface area contributed by atoms with Gasteiger partial charge in [-0.05, 0) is 48.2 Å². The van der Waals surface area contributed by atoms with Crippen LogP contribution in [0.15, 0.2) is 55.0 Å². The molecule has 148 valence electrons. The Balaban J connectivity index is 0.000000994. The van der Waals surface area contributed by atoms with Crippen LogP contribution >= 0.6 is 11.6 Å². The van der Waals surface area contributed by atoms with Gasteiger partial charge in [0.15, 0.2) is 5.65 Å². The number of hydrogen-bond acceptors (Lipinski definition) is 3. The van der Waals surface area contributed by atoms with E-state index in [1.807, 2.05) is 26.0 Å². The molecule has 1 fully saturated rings. The van der Waals surface area contributed by atoms with Crippen LogP contribution in [0.4, 0.5) is 8.78 Å². The molecule has 3 heterocycles. The molecule has 29 heavy (non-hydrogen) atoms. The SMILES string of the molecule is CC.Fc1ccc(-c2ccnc(C3CC3c3cc(Cl)nn4ccnc34)c2)c(F)c1. The summed E-state index contributed by atoms with van der Waals surface area (Å²) >= 11 is 6.13. The van der Waals surface area contributed by atoms with Crippen LogP contribution in [0.25, 0.3) is 16.8 Å². The van der Waals surface area contributed by atoms with Crippen LogP contribution in [0.5, 0.6) is 0 Å². The van der Waals surface area contributed by atoms with Gasteiger partial charge in [0.1, 0.15) is 16.8 Å². The van der Waals surface area contributed by atoms with Crippen molar-refractivity contribution in [3.63, 3.8) is 0 Å². The molecule has 3 aromatic heterocycles. The van der Waals surface area contributed by atoms with E-state index in [4.69, 9.17) is 11.6 Å². The van der Waals surface area contributed by atoms with Gasteiger partial charge in [0, 0.05) is 47.4 Å². The second-order valence-electron chi connectivity index (χ2n) is 6.66. The van der Waals surface area contributed by atoms with Gasteiger partial charge in [-0.1, -0.05) is 25.4 Å². The maximum absolute atomic E-state index is 14.1. The molecule has 0 N–H and O–H groups in total. The standard InChI is InChI=1S/C20H13ClF2N4.C2H6/c21-19-10-16(20-25-5-6-27(20)26-19)14-9-15(14)18-7-11(3-4-24-18)13-2-1-12(22)8-17(13)23;1-2/h1-8,10,14-15H,9H2;1-2H3. The van der Waals surface area contributed by atoms with Gasteiger partial charge in [-0.25, -0.2) is 18.3 Å². The molecule has 2 unspecified atom stereocenters. The Kier molecular flexibility index (Phi) is 5.28. The Hall–Kier alpha value is -2.86. The Morgan fingerprint density at radius 2 is 1.83 bits per heavy atom. The average Bonchev–Trinajstić information content (AvgIpc) is 3.39. The number of aromatic nitrogens is 4. The first-order valence-electron chi connectivity index (χ1n) is 9.51. The third-order valence-corrected chi connectivity index (χ3v) is 5.14. The molecule has 5 rings (SSSR count). The van der Waals surface area contributed by atoms with Gasteiger partial charge in [-0.3, -0.25) is 4.98 Å². The highest BCUT2D eigenvalue weighted by molar-refractivity contribution is 6.29. The fourth-order valence-electron chi connectivity index (χ4n) is 3.59. The fourth-order valence-corrected chi connectivity index (χ4v) is 3.79. The van der Waals surface area contributed by atoms with Crippen LogP contribution in [0.2, 0.25) is 5.15 Å². The Morgan fingerprint density at radius 3 is 2.62 bits per heavy atom. The number of fused-ring (bicyclic) bond motifs is 1. The van der Waals surface area contributed by atoms with Crippen molar-refractivity contribution >= 4 is 17.2 Å². The highest BCUT2D eigenvalue weighted by atomic mass is 35.5. The molecule has 4 nitrogen and oxygen atoms in total. The molecule has 0 amide bonds. The first-order valence-corrected chi connectivity index (χ1v) is 9.89. The number of imidazole rings is 1. The van der Waals surface area contributed by atoms with Crippen molar-refractivity contribution in [2.75, 3.05) is 0 Å². The zero-order chi connectivity index (χ0) is 20.5. The van der Waals surface area contributed by atoms with Crippen LogP contribution in [0.3, 0.4) is 0 Å². The van der Waals surface area contributed by atoms with Crippen molar-refractivity contribution in [3.8, 4) is 11.1 Å². The first-order chi connectivity index (χ1) is 14.1. The van der Waals surface area contributed by atoms with E-state index in [0.29, 0.717) is 16.3 Å². The van der Waals surface area contributed by atoms with Crippen LogP contribution < -0.4 is 0 Å². The van der Waals surface area contributed by atoms with Gasteiger partial charge >= 0.3 is 0 Å². The minimum absolute atomic E-state index is 0.201. The van der Waals surface area contributed by atoms with Crippen molar-refractivity contribution in [2.24, 2.45) is 0 Å². The molecule has 0 saturated heterocycles. The van der Waals surface area contributed by atoms with E-state index in [2.05, 4.69) is 15.1 Å². The predicted molar refractivity (Wildman–Crippen MR) is 109 cm³/mol. The lowest BCUT2D eigenvalue weighted by Gasteiger charge is -2.07. The van der Waals surface area contributed by atoms with Crippen molar-refractivity contribution < 1.29 is 8.78 Å². The summed E-state index contributed by atoms with van der Waals surface area (Å²) in [7, 11) is 0. The molecule has 0 spiro atoms. The van der Waals surface area contributed by atoms with Crippen LogP contribution in [0.1, 0.15) is 43.4 Å². The number of nitrogens with zero attached hydrogens (tertiary/aromatic N) is 4. The minimum atomic E-state index is -0.592. The molecule has 7 heteroatoms. The third kappa shape index (κ3) is 3.72. The zero-order valence-corrected chi connectivity index (χ0v) is 16.7. The van der Waals surface area contributed by atoms with Crippen LogP contribution in [-0.2, 0) is 0 Å². The summed E-state index contributed by atoms with van der Waals surface area (Å²) < 4.78 is 29.0. The maximum Gasteiger partial charge on any atom is 0.157 e. The summed E-state index contributed by atoms with van der Waals surface area (Å²) in [5.74, 6) is -0.741. The van der Waals surface area contributed by atoms with E-state index in [0.717, 1.165) is 29.4 Å². The normalized spacial score (nSPS) is 17.7. The number of rotatable bonds is 3. The quantitative estimate of drug-likeness (QED) is 0.413. The van der Waals surface area contributed by atoms with E-state index in [-0.39, 0.29) is 11.8 Å². The highest BCUT2D eigenvalue weighted by Crippen LogP contribution is 2.55. The number of pyridine rings is 1. The third-order valence-electron chi connectivity index (χ3n) is 4.95. The van der Waals surface area contributed by atoms with E-state index in [1.54, 1.807) is 29.2 Å². The summed E-state index contributed by atoms with van der Waals surface area (Å²) in [4.78, 5) is 8.84. The summed E-state index contributed by atoms with van der Waals surface area (Å²) in [6.07, 6.45) is 6.02. The predicted octanol–water partition coefficient (Wildman–Crippen LogP) is 6.02. The zero-order valence-electron chi connectivity index (χ0n) is 16.0. The molecule has 1 aliphatic carbocycles. The summed E-state index contributed by atoms with van der Waals surface area (Å²) in [6, 6.07) is 9.04. The summed E-state index contributed by atoms with van der Waals surface area (Å²) in [5, 5.41) is 4.62. The van der Waals surface area contributed by atoms with Gasteiger partial charge in [-0.15, -0.1) is 0 Å². The first kappa shape index (κ1) is 19.5. The number of benzene rings is 1. The second kappa shape index (κ2) is 7.87. The van der Waals surface area contributed by atoms with Gasteiger partial charge in [0.25, 0.3) is 0 Å². The average molecular weight is 413 g/mol. The van der Waals surface area contributed by atoms with Gasteiger partial charge in [0.05, 0.1) is 0 Å². The molecule has 1 saturated carbocycles. The molecular weight excluding hydrogens is 394 g/mol. The minimum Gasteiger partial charge on any atom is -0.261 e. The number of halogens is 3. The Bertz CT molecular complexity index is 1170. The molecule has 0 aliphatic heterocycles. The Labute approximate surface area is 172 Å². The molecular formula is C22H19ClF2N4. The monoisotopic (exact) mass is 412 g/mol. The van der Waals surface area contributed by atoms with Crippen LogP contribution in [-0.4, -0.2) is 19.6 Å². The van der Waals surface area contributed by atoms with Gasteiger partial charge in [0.2, 0.25) is 0 Å². The second-order valence-corrected chi connectivity index (χ2v) is 7.05. The van der Waals surface area contributed by atoms with Crippen molar-refractivity contribution in [1.82, 2.24) is 19.6 Å². The smallest absolute Gasteiger partial charge is 0.157 e. The number of hydrogen-bond donors (Lipinski definition) is 0. The topological polar surface area (TPSA) is 43.1 Å². The summed E-state index contributed by atoms with van der Waals surface area (Å²) in [6.45, 7) is 4.00. The van der Waals surface area contributed by atoms with Crippen molar-refractivity contribution in [1.29, 1.82) is 0 Å². The largest absolute Gasteiger partial charge is 0.261 e. The van der Waals surface area contributed by atoms with Crippen molar-refractivity contribution in [3.05, 3.63) is 83.0 Å². The highest BCUT2D eigenvalue weighted by Gasteiger charge is 2.42. The van der Waals surface area contributed by atoms with E-state index < -0.39 is 11.6 Å². The van der Waals surface area contributed by atoms with Crippen molar-refractivity contribution in [2.45, 2.75) is 32.1 Å². The molecule has 1 aliphatic rings. The van der Waals surface area contributed by atoms with Crippen LogP contribution in [0, 0.1) is 11.6 Å². The lowest BCUT2D eigenvalue weighted by Crippen LogP contribution is -1.97. The molecule has 4 aromatic rings. The van der Waals surface area contributed by atoms with Gasteiger partial charge in [-0.2, -0.15) is 5.10 Å². The van der Waals surface area contributed by atoms with E-state index >= 15 is 0 Å². The Morgan fingerprint density at radius 1 is 1.00 bits per heavy atom. The maximum atomic E-state index is 14.1. The lowest BCUT2D eigenvalue weighted by atomic mass is 10.0. The summed E-state index contributed by atoms with van der Waals surface area (Å²) in [5.41, 5.74) is 3.73. The molecule has 0 radical (unpaired) electrons. The molecule has 1 aromatic carbocycles. The molecule has 2 atom stereocenters. The van der Waals surface area contributed by atoms with Gasteiger partial charge < -0.3 is 0 Å². The lowest BCUT2D eigenvalue weighted by molar-refractivity contribution is 0.585. The fraction of sp³-hybridized carbons (Fsp3) is 0.227. The molecule has 0 bridgehead atoms. The van der Waals surface area contributed by atoms with E-state index in [9.17, 15) is 8.78 Å². The van der Waals surface area contributed by atoms with E-state index in [1.165, 1.54) is 12.1 Å².